The van der Waals surface area contributed by atoms with Gasteiger partial charge in [0.05, 0.1) is 30.9 Å². The number of methoxy groups -OCH3 is 1. The molecule has 1 unspecified atom stereocenters. The lowest BCUT2D eigenvalue weighted by atomic mass is 10.2. The molecule has 3 N–H and O–H groups in total. The first-order valence-corrected chi connectivity index (χ1v) is 7.22. The number of rotatable bonds is 4. The van der Waals surface area contributed by atoms with Crippen LogP contribution in [0.15, 0.2) is 30.7 Å². The molecule has 3 rings (SSSR count). The molecule has 22 heavy (non-hydrogen) atoms. The summed E-state index contributed by atoms with van der Waals surface area (Å²) in [4.78, 5) is 11.8. The number of imidazole rings is 1. The summed E-state index contributed by atoms with van der Waals surface area (Å²) in [6, 6.07) is 6.20. The summed E-state index contributed by atoms with van der Waals surface area (Å²) in [6.07, 6.45) is 3.75. The molecule has 1 atom stereocenters. The number of nitrogens with zero attached hydrogens (tertiary/aromatic N) is 3. The Morgan fingerprint density at radius 3 is 3.05 bits per heavy atom. The second-order valence-electron chi connectivity index (χ2n) is 5.32. The molecule has 0 aliphatic carbocycles. The molecule has 2 aromatic rings. The van der Waals surface area contributed by atoms with E-state index in [1.165, 1.54) is 0 Å². The fraction of sp³-hybridized carbons (Fsp3) is 0.400. The fourth-order valence-electron chi connectivity index (χ4n) is 2.52. The van der Waals surface area contributed by atoms with Crippen molar-refractivity contribution in [1.29, 1.82) is 0 Å². The van der Waals surface area contributed by atoms with E-state index < -0.39 is 0 Å². The van der Waals surface area contributed by atoms with Crippen molar-refractivity contribution in [3.8, 4) is 11.4 Å². The van der Waals surface area contributed by atoms with Gasteiger partial charge in [-0.1, -0.05) is 0 Å². The lowest BCUT2D eigenvalue weighted by Crippen LogP contribution is -2.52. The zero-order chi connectivity index (χ0) is 15.5. The van der Waals surface area contributed by atoms with E-state index in [2.05, 4.69) is 21.4 Å². The molecule has 2 heterocycles. The van der Waals surface area contributed by atoms with Gasteiger partial charge in [-0.25, -0.2) is 4.98 Å². The number of nitrogens with one attached hydrogen (secondary N) is 1. The van der Waals surface area contributed by atoms with E-state index in [1.807, 2.05) is 29.8 Å². The summed E-state index contributed by atoms with van der Waals surface area (Å²) in [7, 11) is 1.67. The molecule has 0 saturated carbocycles. The van der Waals surface area contributed by atoms with Crippen molar-refractivity contribution >= 4 is 5.69 Å². The van der Waals surface area contributed by atoms with Crippen molar-refractivity contribution in [3.05, 3.63) is 36.4 Å². The molecule has 1 aromatic heterocycles. The molecule has 1 saturated heterocycles. The normalized spacial score (nSPS) is 18.5. The van der Waals surface area contributed by atoms with Crippen LogP contribution in [-0.2, 0) is 4.84 Å². The Balaban J connectivity index is 1.88. The van der Waals surface area contributed by atoms with Crippen LogP contribution in [0.5, 0.6) is 5.75 Å². The Hall–Kier alpha value is -2.09. The number of hydrogen-bond donors (Lipinski definition) is 2. The number of anilines is 1. The summed E-state index contributed by atoms with van der Waals surface area (Å²) >= 11 is 0. The van der Waals surface area contributed by atoms with Crippen molar-refractivity contribution < 1.29 is 9.57 Å². The summed E-state index contributed by atoms with van der Waals surface area (Å²) in [5, 5.41) is 0. The third kappa shape index (κ3) is 2.92. The van der Waals surface area contributed by atoms with Gasteiger partial charge in [-0.3, -0.25) is 4.84 Å². The molecule has 0 amide bonds. The maximum absolute atomic E-state index is 5.70. The van der Waals surface area contributed by atoms with E-state index in [-0.39, 0.29) is 6.04 Å². The Bertz CT molecular complexity index is 643. The van der Waals surface area contributed by atoms with Crippen molar-refractivity contribution in [2.24, 2.45) is 5.73 Å². The van der Waals surface area contributed by atoms with Crippen LogP contribution in [0.2, 0.25) is 0 Å². The molecule has 0 bridgehead atoms. The smallest absolute Gasteiger partial charge is 0.144 e. The zero-order valence-corrected chi connectivity index (χ0v) is 12.8. The number of hydrogen-bond acceptors (Lipinski definition) is 6. The van der Waals surface area contributed by atoms with E-state index in [9.17, 15) is 0 Å². The number of hydroxylamine groups is 1. The summed E-state index contributed by atoms with van der Waals surface area (Å²) in [6.45, 7) is 3.76. The monoisotopic (exact) mass is 303 g/mol. The van der Waals surface area contributed by atoms with Gasteiger partial charge >= 0.3 is 0 Å². The molecular weight excluding hydrogens is 282 g/mol. The van der Waals surface area contributed by atoms with Crippen LogP contribution in [0.4, 0.5) is 5.69 Å². The first kappa shape index (κ1) is 14.8. The van der Waals surface area contributed by atoms with E-state index in [4.69, 9.17) is 15.3 Å². The van der Waals surface area contributed by atoms with Crippen LogP contribution < -0.4 is 20.9 Å². The molecule has 7 nitrogen and oxygen atoms in total. The third-order valence-electron chi connectivity index (χ3n) is 3.71. The van der Waals surface area contributed by atoms with Crippen molar-refractivity contribution in [1.82, 2.24) is 15.0 Å². The van der Waals surface area contributed by atoms with Gasteiger partial charge in [0.2, 0.25) is 0 Å². The molecule has 1 aromatic carbocycles. The quantitative estimate of drug-likeness (QED) is 0.870. The number of aromatic nitrogens is 2. The standard InChI is InChI=1S/C15H21N5O2/c1-11-7-19(9-17-11)14-4-3-13(5-15(14)21-2)20-8-12(6-16)18-22-10-20/h3-5,7,9,12,18H,6,8,10,16H2,1-2H3. The van der Waals surface area contributed by atoms with Crippen LogP contribution >= 0.6 is 0 Å². The van der Waals surface area contributed by atoms with Gasteiger partial charge < -0.3 is 19.9 Å². The zero-order valence-electron chi connectivity index (χ0n) is 12.8. The number of benzene rings is 1. The number of nitrogens with two attached hydrogens (primary N) is 1. The first-order chi connectivity index (χ1) is 10.7. The minimum atomic E-state index is 0.121. The largest absolute Gasteiger partial charge is 0.494 e. The van der Waals surface area contributed by atoms with Gasteiger partial charge in [-0.05, 0) is 19.1 Å². The maximum atomic E-state index is 5.70. The van der Waals surface area contributed by atoms with Crippen LogP contribution in [0.1, 0.15) is 5.69 Å². The van der Waals surface area contributed by atoms with Crippen LogP contribution in [-0.4, -0.2) is 42.5 Å². The summed E-state index contributed by atoms with van der Waals surface area (Å²) in [5.74, 6) is 0.790. The van der Waals surface area contributed by atoms with Crippen molar-refractivity contribution in [2.75, 3.05) is 31.8 Å². The van der Waals surface area contributed by atoms with Gasteiger partial charge in [0.25, 0.3) is 0 Å². The molecule has 7 heteroatoms. The SMILES string of the molecule is COc1cc(N2CONC(CN)C2)ccc1-n1cnc(C)c1. The van der Waals surface area contributed by atoms with E-state index in [0.29, 0.717) is 13.3 Å². The van der Waals surface area contributed by atoms with Gasteiger partial charge in [-0.15, -0.1) is 0 Å². The van der Waals surface area contributed by atoms with E-state index in [0.717, 1.165) is 29.4 Å². The van der Waals surface area contributed by atoms with Crippen molar-refractivity contribution in [2.45, 2.75) is 13.0 Å². The fourth-order valence-corrected chi connectivity index (χ4v) is 2.52. The topological polar surface area (TPSA) is 77.6 Å². The molecule has 1 fully saturated rings. The van der Waals surface area contributed by atoms with Gasteiger partial charge in [0.1, 0.15) is 12.5 Å². The van der Waals surface area contributed by atoms with E-state index in [1.54, 1.807) is 13.4 Å². The van der Waals surface area contributed by atoms with Gasteiger partial charge in [-0.2, -0.15) is 5.48 Å². The minimum Gasteiger partial charge on any atom is -0.494 e. The first-order valence-electron chi connectivity index (χ1n) is 7.22. The minimum absolute atomic E-state index is 0.121. The molecule has 1 aliphatic heterocycles. The van der Waals surface area contributed by atoms with Crippen LogP contribution in [0.3, 0.4) is 0 Å². The highest BCUT2D eigenvalue weighted by Crippen LogP contribution is 2.29. The third-order valence-corrected chi connectivity index (χ3v) is 3.71. The summed E-state index contributed by atoms with van der Waals surface area (Å²) < 4.78 is 7.49. The molecule has 118 valence electrons. The lowest BCUT2D eigenvalue weighted by molar-refractivity contribution is -0.00620. The Labute approximate surface area is 129 Å². The second-order valence-corrected chi connectivity index (χ2v) is 5.32. The average molecular weight is 303 g/mol. The van der Waals surface area contributed by atoms with E-state index >= 15 is 0 Å². The molecular formula is C15H21N5O2. The Kier molecular flexibility index (Phi) is 4.28. The summed E-state index contributed by atoms with van der Waals surface area (Å²) in [5.41, 5.74) is 11.6. The molecule has 0 radical (unpaired) electrons. The van der Waals surface area contributed by atoms with Gasteiger partial charge in [0, 0.05) is 31.0 Å². The lowest BCUT2D eigenvalue weighted by Gasteiger charge is -2.34. The molecule has 1 aliphatic rings. The maximum Gasteiger partial charge on any atom is 0.144 e. The van der Waals surface area contributed by atoms with Crippen LogP contribution in [0, 0.1) is 6.92 Å². The predicted octanol–water partition coefficient (Wildman–Crippen LogP) is 0.815. The Morgan fingerprint density at radius 1 is 1.50 bits per heavy atom. The van der Waals surface area contributed by atoms with Gasteiger partial charge in [0.15, 0.2) is 0 Å². The highest BCUT2D eigenvalue weighted by molar-refractivity contribution is 5.59. The van der Waals surface area contributed by atoms with Crippen LogP contribution in [0.25, 0.3) is 5.69 Å². The second kappa shape index (κ2) is 6.35. The molecule has 0 spiro atoms. The van der Waals surface area contributed by atoms with Crippen molar-refractivity contribution in [3.63, 3.8) is 0 Å². The average Bonchev–Trinajstić information content (AvgIpc) is 3.00. The highest BCUT2D eigenvalue weighted by Gasteiger charge is 2.20. The number of ether oxygens (including phenoxy) is 1. The Morgan fingerprint density at radius 2 is 2.36 bits per heavy atom. The predicted molar refractivity (Wildman–Crippen MR) is 84.1 cm³/mol. The highest BCUT2D eigenvalue weighted by atomic mass is 16.7. The number of aryl methyl sites for hydroxylation is 1.